The third-order valence-corrected chi connectivity index (χ3v) is 11.1. The van der Waals surface area contributed by atoms with Gasteiger partial charge in [0.1, 0.15) is 17.5 Å². The molecule has 0 aliphatic carbocycles. The maximum absolute atomic E-state index is 13.5. The first kappa shape index (κ1) is 32.7. The van der Waals surface area contributed by atoms with E-state index in [2.05, 4.69) is 9.88 Å². The fraction of sp³-hybridized carbons (Fsp3) is 0.429. The Balaban J connectivity index is 1.69. The number of aliphatic hydroxyl groups excluding tert-OH is 1. The first-order valence-electron chi connectivity index (χ1n) is 13.5. The van der Waals surface area contributed by atoms with Crippen LogP contribution in [0.1, 0.15) is 30.9 Å². The molecule has 0 spiro atoms. The second kappa shape index (κ2) is 12.8. The molecular weight excluding hydrogens is 620 g/mol. The Morgan fingerprint density at radius 3 is 2.44 bits per heavy atom. The number of anilines is 1. The van der Waals surface area contributed by atoms with Gasteiger partial charge in [0.05, 0.1) is 30.5 Å². The molecule has 2 N–H and O–H groups in total. The molecule has 1 aromatic heterocycles. The number of nitrogens with zero attached hydrogens (tertiary/aromatic N) is 3. The van der Waals surface area contributed by atoms with Gasteiger partial charge in [0.25, 0.3) is 10.0 Å². The number of halogens is 1. The fourth-order valence-corrected chi connectivity index (χ4v) is 7.60. The van der Waals surface area contributed by atoms with E-state index in [4.69, 9.17) is 20.9 Å². The minimum absolute atomic E-state index is 0.0540. The largest absolute Gasteiger partial charge is 0.488 e. The van der Waals surface area contributed by atoms with Gasteiger partial charge in [-0.05, 0) is 63.2 Å². The quantitative estimate of drug-likeness (QED) is 0.353. The number of aromatic nitrogens is 1. The van der Waals surface area contributed by atoms with E-state index in [1.165, 1.54) is 66.5 Å². The van der Waals surface area contributed by atoms with Gasteiger partial charge in [0.15, 0.2) is 10.7 Å². The first-order valence-corrected chi connectivity index (χ1v) is 16.8. The van der Waals surface area contributed by atoms with E-state index in [0.717, 1.165) is 0 Å². The molecule has 0 radical (unpaired) electrons. The number of likely N-dealkylation sites (N-methyl/N-ethyl adjacent to an activating group) is 1. The lowest BCUT2D eigenvalue weighted by molar-refractivity contribution is -0.134. The van der Waals surface area contributed by atoms with E-state index < -0.39 is 32.2 Å². The summed E-state index contributed by atoms with van der Waals surface area (Å²) < 4.78 is 68.0. The topological polar surface area (TPSA) is 159 Å². The van der Waals surface area contributed by atoms with Crippen LogP contribution in [0.15, 0.2) is 56.8 Å². The van der Waals surface area contributed by atoms with Crippen LogP contribution in [0.25, 0.3) is 0 Å². The fourth-order valence-electron chi connectivity index (χ4n) is 4.91. The number of amides is 1. The Hall–Kier alpha value is -3.17. The molecule has 4 rings (SSSR count). The molecule has 1 amide bonds. The minimum Gasteiger partial charge on any atom is -0.488 e. The average molecular weight is 655 g/mol. The lowest BCUT2D eigenvalue weighted by Gasteiger charge is -2.33. The van der Waals surface area contributed by atoms with Gasteiger partial charge in [0, 0.05) is 35.8 Å². The number of carbonyl (C=O) groups is 1. The van der Waals surface area contributed by atoms with Crippen molar-refractivity contribution in [3.63, 3.8) is 0 Å². The monoisotopic (exact) mass is 654 g/mol. The van der Waals surface area contributed by atoms with Crippen LogP contribution in [0.4, 0.5) is 5.69 Å². The van der Waals surface area contributed by atoms with Crippen LogP contribution < -0.4 is 9.46 Å². The summed E-state index contributed by atoms with van der Waals surface area (Å²) in [6, 6.07) is 9.87. The Kier molecular flexibility index (Phi) is 9.76. The Bertz CT molecular complexity index is 1670. The zero-order chi connectivity index (χ0) is 31.7. The number of rotatable bonds is 9. The van der Waals surface area contributed by atoms with Crippen LogP contribution in [0.2, 0.25) is 5.02 Å². The van der Waals surface area contributed by atoms with Crippen LogP contribution in [0, 0.1) is 19.8 Å². The molecule has 1 aliphatic heterocycles. The summed E-state index contributed by atoms with van der Waals surface area (Å²) in [6.07, 6.45) is -0.853. The van der Waals surface area contributed by atoms with Crippen LogP contribution in [-0.2, 0) is 31.3 Å². The number of ether oxygens (including phenoxy) is 1. The molecule has 1 aliphatic rings. The first-order chi connectivity index (χ1) is 20.1. The molecule has 12 nitrogen and oxygen atoms in total. The highest BCUT2D eigenvalue weighted by Crippen LogP contribution is 2.31. The maximum atomic E-state index is 13.5. The van der Waals surface area contributed by atoms with Crippen molar-refractivity contribution in [3.05, 3.63) is 64.5 Å². The molecule has 3 aromatic rings. The Labute approximate surface area is 256 Å². The number of aliphatic hydroxyl groups is 1. The minimum atomic E-state index is -4.06. The van der Waals surface area contributed by atoms with E-state index in [9.17, 15) is 26.7 Å². The lowest BCUT2D eigenvalue weighted by atomic mass is 10.0. The normalized spacial score (nSPS) is 18.8. The summed E-state index contributed by atoms with van der Waals surface area (Å²) in [7, 11) is -6.52. The van der Waals surface area contributed by atoms with Crippen molar-refractivity contribution in [2.45, 2.75) is 56.1 Å². The smallest absolute Gasteiger partial charge is 0.267 e. The predicted molar refractivity (Wildman–Crippen MR) is 160 cm³/mol. The van der Waals surface area contributed by atoms with Gasteiger partial charge < -0.3 is 19.3 Å². The molecule has 234 valence electrons. The van der Waals surface area contributed by atoms with Gasteiger partial charge in [0.2, 0.25) is 15.9 Å². The summed E-state index contributed by atoms with van der Waals surface area (Å²) in [5, 5.41) is 14.0. The van der Waals surface area contributed by atoms with Crippen molar-refractivity contribution in [1.82, 2.24) is 14.4 Å². The van der Waals surface area contributed by atoms with Gasteiger partial charge in [-0.15, -0.1) is 0 Å². The van der Waals surface area contributed by atoms with Gasteiger partial charge >= 0.3 is 0 Å². The third-order valence-electron chi connectivity index (χ3n) is 7.36. The van der Waals surface area contributed by atoms with E-state index in [1.54, 1.807) is 13.0 Å². The second-order valence-electron chi connectivity index (χ2n) is 10.7. The zero-order valence-corrected chi connectivity index (χ0v) is 26.8. The number of nitrogens with one attached hydrogen (secondary N) is 1. The highest BCUT2D eigenvalue weighted by molar-refractivity contribution is 7.92. The Morgan fingerprint density at radius 1 is 1.16 bits per heavy atom. The van der Waals surface area contributed by atoms with Gasteiger partial charge in [-0.2, -0.15) is 4.31 Å². The molecule has 2 heterocycles. The van der Waals surface area contributed by atoms with Crippen molar-refractivity contribution in [1.29, 1.82) is 0 Å². The molecule has 0 bridgehead atoms. The molecule has 43 heavy (non-hydrogen) atoms. The summed E-state index contributed by atoms with van der Waals surface area (Å²) in [5.74, 6) is -0.216. The van der Waals surface area contributed by atoms with E-state index >= 15 is 0 Å². The number of fused-ring (bicyclic) bond motifs is 1. The van der Waals surface area contributed by atoms with Gasteiger partial charge in [-0.25, -0.2) is 16.8 Å². The van der Waals surface area contributed by atoms with E-state index in [0.29, 0.717) is 16.3 Å². The van der Waals surface area contributed by atoms with Crippen molar-refractivity contribution < 1.29 is 36.0 Å². The maximum Gasteiger partial charge on any atom is 0.267 e. The van der Waals surface area contributed by atoms with Gasteiger partial charge in [-0.1, -0.05) is 23.7 Å². The van der Waals surface area contributed by atoms with E-state index in [1.807, 2.05) is 6.92 Å². The molecule has 2 aromatic carbocycles. The Morgan fingerprint density at radius 2 is 1.84 bits per heavy atom. The number of carbonyl (C=O) groups excluding carboxylic acids is 1. The molecule has 0 saturated carbocycles. The third kappa shape index (κ3) is 7.15. The van der Waals surface area contributed by atoms with Crippen molar-refractivity contribution >= 4 is 43.2 Å². The van der Waals surface area contributed by atoms with Crippen molar-refractivity contribution in [3.8, 4) is 5.75 Å². The SMILES string of the molecule is Cc1noc(C)c1S(=O)(=O)Nc1ccc2c(c1)CC(=O)N([C@@H](C)CO)C[C@H](C)[C@@H](CN(C)S(=O)(=O)c1ccc(Cl)cc1)O2. The average Bonchev–Trinajstić information content (AvgIpc) is 3.31. The second-order valence-corrected chi connectivity index (χ2v) is 14.8. The number of sulfonamides is 2. The lowest BCUT2D eigenvalue weighted by Crippen LogP contribution is -2.48. The van der Waals surface area contributed by atoms with Crippen LogP contribution in [0.3, 0.4) is 0 Å². The summed E-state index contributed by atoms with van der Waals surface area (Å²) in [4.78, 5) is 15.0. The number of hydrogen-bond donors (Lipinski definition) is 2. The van der Waals surface area contributed by atoms with Crippen LogP contribution in [0.5, 0.6) is 5.75 Å². The zero-order valence-electron chi connectivity index (χ0n) is 24.4. The standard InChI is InChI=1S/C28H35ClN4O8S2/c1-17-14-33(18(2)16-34)27(35)13-21-12-23(31-42(36,37)28-19(3)30-41-20(28)4)8-11-25(21)40-26(17)15-32(5)43(38,39)24-9-6-22(29)7-10-24/h6-12,17-18,26,31,34H,13-16H2,1-5H3/t17-,18-,26+/m0/s1. The van der Waals surface area contributed by atoms with Crippen LogP contribution in [-0.4, -0.2) is 81.1 Å². The molecule has 0 fully saturated rings. The number of aryl methyl sites for hydroxylation is 2. The van der Waals surface area contributed by atoms with Crippen molar-refractivity contribution in [2.24, 2.45) is 5.92 Å². The van der Waals surface area contributed by atoms with E-state index in [-0.39, 0.29) is 64.9 Å². The van der Waals surface area contributed by atoms with Gasteiger partial charge in [-0.3, -0.25) is 9.52 Å². The summed E-state index contributed by atoms with van der Waals surface area (Å²) >= 11 is 5.94. The van der Waals surface area contributed by atoms with Crippen molar-refractivity contribution in [2.75, 3.05) is 31.5 Å². The number of benzene rings is 2. The molecule has 15 heteroatoms. The summed E-state index contributed by atoms with van der Waals surface area (Å²) in [5.41, 5.74) is 0.777. The molecule has 0 unspecified atom stereocenters. The number of hydrogen-bond acceptors (Lipinski definition) is 9. The predicted octanol–water partition coefficient (Wildman–Crippen LogP) is 3.22. The molecular formula is C28H35ClN4O8S2. The molecule has 0 saturated heterocycles. The van der Waals surface area contributed by atoms with Crippen LogP contribution >= 0.6 is 11.6 Å². The summed E-state index contributed by atoms with van der Waals surface area (Å²) in [6.45, 7) is 6.43. The molecule has 3 atom stereocenters. The highest BCUT2D eigenvalue weighted by Gasteiger charge is 2.34. The highest BCUT2D eigenvalue weighted by atomic mass is 35.5.